The summed E-state index contributed by atoms with van der Waals surface area (Å²) in [6.07, 6.45) is 0. The van der Waals surface area contributed by atoms with Gasteiger partial charge in [-0.25, -0.2) is 0 Å². The molecular formula is C4H10N2O3. The standard InChI is InChI=1S/C4H10N2O3/c1-9-4(7)3(2-5)6-8/h3,6,8H,2,5H2,1H3. The maximum absolute atomic E-state index is 10.4. The molecule has 4 N–H and O–H groups in total. The van der Waals surface area contributed by atoms with Crippen molar-refractivity contribution in [2.24, 2.45) is 5.73 Å². The number of esters is 1. The lowest BCUT2D eigenvalue weighted by Gasteiger charge is -2.07. The smallest absolute Gasteiger partial charge is 0.326 e. The molecule has 0 aliphatic rings. The van der Waals surface area contributed by atoms with Gasteiger partial charge in [-0.3, -0.25) is 4.79 Å². The van der Waals surface area contributed by atoms with Gasteiger partial charge in [-0.05, 0) is 0 Å². The minimum absolute atomic E-state index is 0.0170. The van der Waals surface area contributed by atoms with Crippen molar-refractivity contribution in [2.45, 2.75) is 6.04 Å². The Morgan fingerprint density at radius 3 is 2.67 bits per heavy atom. The van der Waals surface area contributed by atoms with Crippen molar-refractivity contribution < 1.29 is 14.7 Å². The zero-order valence-corrected chi connectivity index (χ0v) is 5.13. The van der Waals surface area contributed by atoms with Crippen molar-refractivity contribution in [1.82, 2.24) is 5.48 Å². The molecule has 0 rings (SSSR count). The van der Waals surface area contributed by atoms with E-state index in [2.05, 4.69) is 4.74 Å². The Morgan fingerprint density at radius 1 is 2.00 bits per heavy atom. The van der Waals surface area contributed by atoms with Crippen LogP contribution in [-0.4, -0.2) is 30.9 Å². The summed E-state index contributed by atoms with van der Waals surface area (Å²) in [6.45, 7) is 0.0170. The van der Waals surface area contributed by atoms with E-state index < -0.39 is 12.0 Å². The molecule has 5 nitrogen and oxygen atoms in total. The highest BCUT2D eigenvalue weighted by atomic mass is 16.5. The second-order valence-corrected chi connectivity index (χ2v) is 1.44. The third kappa shape index (κ3) is 2.41. The molecule has 1 unspecified atom stereocenters. The summed E-state index contributed by atoms with van der Waals surface area (Å²) in [7, 11) is 1.22. The lowest BCUT2D eigenvalue weighted by atomic mass is 10.3. The molecule has 0 radical (unpaired) electrons. The van der Waals surface area contributed by atoms with Crippen molar-refractivity contribution >= 4 is 5.97 Å². The van der Waals surface area contributed by atoms with Crippen LogP contribution < -0.4 is 11.2 Å². The van der Waals surface area contributed by atoms with Crippen molar-refractivity contribution in [2.75, 3.05) is 13.7 Å². The minimum atomic E-state index is -0.810. The van der Waals surface area contributed by atoms with E-state index in [1.807, 2.05) is 0 Å². The molecule has 0 aliphatic heterocycles. The van der Waals surface area contributed by atoms with Crippen molar-refractivity contribution in [3.8, 4) is 0 Å². The van der Waals surface area contributed by atoms with E-state index in [0.717, 1.165) is 0 Å². The third-order valence-electron chi connectivity index (χ3n) is 0.877. The predicted octanol–water partition coefficient (Wildman–Crippen LogP) is -1.53. The molecule has 0 aromatic heterocycles. The molecule has 0 aliphatic carbocycles. The molecule has 54 valence electrons. The summed E-state index contributed by atoms with van der Waals surface area (Å²) in [5.41, 5.74) is 6.74. The third-order valence-corrected chi connectivity index (χ3v) is 0.877. The summed E-state index contributed by atoms with van der Waals surface area (Å²) in [5, 5.41) is 8.20. The lowest BCUT2D eigenvalue weighted by Crippen LogP contribution is -2.41. The quantitative estimate of drug-likeness (QED) is 0.322. The van der Waals surface area contributed by atoms with Gasteiger partial charge in [-0.2, -0.15) is 5.48 Å². The molecule has 5 heteroatoms. The molecule has 0 heterocycles. The number of rotatable bonds is 3. The topological polar surface area (TPSA) is 84.6 Å². The van der Waals surface area contributed by atoms with Crippen LogP contribution in [0.2, 0.25) is 0 Å². The van der Waals surface area contributed by atoms with E-state index in [0.29, 0.717) is 0 Å². The van der Waals surface area contributed by atoms with Crippen LogP contribution in [0.3, 0.4) is 0 Å². The normalized spacial score (nSPS) is 12.8. The van der Waals surface area contributed by atoms with Crippen molar-refractivity contribution in [1.29, 1.82) is 0 Å². The summed E-state index contributed by atoms with van der Waals surface area (Å²) < 4.78 is 4.25. The fourth-order valence-corrected chi connectivity index (χ4v) is 0.344. The van der Waals surface area contributed by atoms with E-state index >= 15 is 0 Å². The first kappa shape index (κ1) is 8.35. The summed E-state index contributed by atoms with van der Waals surface area (Å²) in [6, 6.07) is -0.810. The molecular weight excluding hydrogens is 124 g/mol. The summed E-state index contributed by atoms with van der Waals surface area (Å²) in [4.78, 5) is 10.4. The zero-order valence-electron chi connectivity index (χ0n) is 5.13. The Kier molecular flexibility index (Phi) is 3.94. The first-order valence-electron chi connectivity index (χ1n) is 2.43. The molecule has 0 aromatic rings. The van der Waals surface area contributed by atoms with Crippen LogP contribution in [-0.2, 0) is 9.53 Å². The number of hydrogen-bond donors (Lipinski definition) is 3. The van der Waals surface area contributed by atoms with Gasteiger partial charge in [0.15, 0.2) is 0 Å². The van der Waals surface area contributed by atoms with Crippen LogP contribution in [0.5, 0.6) is 0 Å². The second kappa shape index (κ2) is 4.25. The highest BCUT2D eigenvalue weighted by Gasteiger charge is 2.14. The zero-order chi connectivity index (χ0) is 7.28. The number of nitrogens with two attached hydrogens (primary N) is 1. The number of nitrogens with one attached hydrogen (secondary N) is 1. The first-order valence-corrected chi connectivity index (χ1v) is 2.43. The van der Waals surface area contributed by atoms with Crippen LogP contribution >= 0.6 is 0 Å². The number of carbonyl (C=O) groups is 1. The Morgan fingerprint density at radius 2 is 2.56 bits per heavy atom. The van der Waals surface area contributed by atoms with E-state index in [1.54, 1.807) is 5.48 Å². The van der Waals surface area contributed by atoms with Gasteiger partial charge in [0.1, 0.15) is 6.04 Å². The Labute approximate surface area is 52.7 Å². The van der Waals surface area contributed by atoms with Gasteiger partial charge < -0.3 is 15.7 Å². The molecule has 0 spiro atoms. The van der Waals surface area contributed by atoms with Crippen molar-refractivity contribution in [3.63, 3.8) is 0 Å². The average molecular weight is 134 g/mol. The van der Waals surface area contributed by atoms with E-state index in [1.165, 1.54) is 7.11 Å². The minimum Gasteiger partial charge on any atom is -0.468 e. The molecule has 0 fully saturated rings. The fourth-order valence-electron chi connectivity index (χ4n) is 0.344. The van der Waals surface area contributed by atoms with E-state index in [9.17, 15) is 4.79 Å². The lowest BCUT2D eigenvalue weighted by molar-refractivity contribution is -0.145. The summed E-state index contributed by atoms with van der Waals surface area (Å²) >= 11 is 0. The number of hydroxylamine groups is 1. The van der Waals surface area contributed by atoms with Gasteiger partial charge >= 0.3 is 5.97 Å². The van der Waals surface area contributed by atoms with Gasteiger partial charge in [0.2, 0.25) is 0 Å². The molecule has 9 heavy (non-hydrogen) atoms. The Hall–Kier alpha value is -0.650. The molecule has 0 bridgehead atoms. The molecule has 0 saturated carbocycles. The van der Waals surface area contributed by atoms with Crippen molar-refractivity contribution in [3.05, 3.63) is 0 Å². The van der Waals surface area contributed by atoms with Crippen LogP contribution in [0.4, 0.5) is 0 Å². The summed E-state index contributed by atoms with van der Waals surface area (Å²) in [5.74, 6) is -0.569. The van der Waals surface area contributed by atoms with Crippen LogP contribution in [0.25, 0.3) is 0 Å². The highest BCUT2D eigenvalue weighted by molar-refractivity contribution is 5.75. The highest BCUT2D eigenvalue weighted by Crippen LogP contribution is 1.81. The Bertz CT molecular complexity index is 91.8. The first-order chi connectivity index (χ1) is 4.26. The maximum Gasteiger partial charge on any atom is 0.326 e. The number of carbonyl (C=O) groups excluding carboxylic acids is 1. The molecule has 0 aromatic carbocycles. The number of hydrogen-bond acceptors (Lipinski definition) is 5. The fraction of sp³-hybridized carbons (Fsp3) is 0.750. The molecule has 0 amide bonds. The second-order valence-electron chi connectivity index (χ2n) is 1.44. The van der Waals surface area contributed by atoms with E-state index in [4.69, 9.17) is 10.9 Å². The maximum atomic E-state index is 10.4. The SMILES string of the molecule is COC(=O)C(CN)NO. The molecule has 1 atom stereocenters. The van der Waals surface area contributed by atoms with Gasteiger partial charge in [-0.1, -0.05) is 0 Å². The number of ether oxygens (including phenoxy) is 1. The van der Waals surface area contributed by atoms with Gasteiger partial charge in [0, 0.05) is 6.54 Å². The van der Waals surface area contributed by atoms with Gasteiger partial charge in [0.25, 0.3) is 0 Å². The molecule has 0 saturated heterocycles. The van der Waals surface area contributed by atoms with Gasteiger partial charge in [-0.15, -0.1) is 0 Å². The Balaban J connectivity index is 3.64. The van der Waals surface area contributed by atoms with Gasteiger partial charge in [0.05, 0.1) is 7.11 Å². The van der Waals surface area contributed by atoms with Crippen LogP contribution in [0.15, 0.2) is 0 Å². The average Bonchev–Trinajstić information content (AvgIpc) is 1.90. The predicted molar refractivity (Wildman–Crippen MR) is 29.8 cm³/mol. The van der Waals surface area contributed by atoms with Crippen LogP contribution in [0.1, 0.15) is 0 Å². The van der Waals surface area contributed by atoms with E-state index in [-0.39, 0.29) is 6.54 Å². The number of methoxy groups -OCH3 is 1. The largest absolute Gasteiger partial charge is 0.468 e. The van der Waals surface area contributed by atoms with Crippen LogP contribution in [0, 0.1) is 0 Å². The monoisotopic (exact) mass is 134 g/mol.